The second-order valence-corrected chi connectivity index (χ2v) is 6.77. The zero-order chi connectivity index (χ0) is 18.5. The van der Waals surface area contributed by atoms with Gasteiger partial charge in [0.1, 0.15) is 5.82 Å². The van der Waals surface area contributed by atoms with E-state index in [0.29, 0.717) is 17.6 Å². The molecule has 26 heavy (non-hydrogen) atoms. The Morgan fingerprint density at radius 1 is 1.27 bits per heavy atom. The van der Waals surface area contributed by atoms with Gasteiger partial charge in [-0.1, -0.05) is 12.8 Å². The van der Waals surface area contributed by atoms with Gasteiger partial charge < -0.3 is 27.8 Å². The largest absolute Gasteiger partial charge is 0.403 e. The zero-order valence-electron chi connectivity index (χ0n) is 14.7. The third-order valence-corrected chi connectivity index (χ3v) is 4.57. The van der Waals surface area contributed by atoms with Crippen molar-refractivity contribution in [2.24, 2.45) is 22.2 Å². The molecule has 0 spiro atoms. The Kier molecular flexibility index (Phi) is 5.67. The first-order valence-electron chi connectivity index (χ1n) is 8.98. The molecule has 0 aromatic carbocycles. The van der Waals surface area contributed by atoms with Crippen molar-refractivity contribution in [1.82, 2.24) is 9.97 Å². The molecule has 1 heterocycles. The van der Waals surface area contributed by atoms with Crippen molar-refractivity contribution >= 4 is 23.8 Å². The van der Waals surface area contributed by atoms with Gasteiger partial charge in [-0.25, -0.2) is 9.97 Å². The Hall–Kier alpha value is -2.68. The lowest BCUT2D eigenvalue weighted by atomic mass is 9.91. The predicted molar refractivity (Wildman–Crippen MR) is 102 cm³/mol. The zero-order valence-corrected chi connectivity index (χ0v) is 14.7. The SMILES string of the molecule is N/C=C(\C=NC1CC1)Nc1nc(NC2CCCC[C@@H]2N)cnc1C(N)=O. The number of carbonyl (C=O) groups is 1. The van der Waals surface area contributed by atoms with Gasteiger partial charge >= 0.3 is 0 Å². The van der Waals surface area contributed by atoms with Crippen LogP contribution in [-0.2, 0) is 0 Å². The highest BCUT2D eigenvalue weighted by molar-refractivity contribution is 5.97. The van der Waals surface area contributed by atoms with Gasteiger partial charge in [-0.05, 0) is 25.7 Å². The molecule has 1 amide bonds. The van der Waals surface area contributed by atoms with E-state index in [1.807, 2.05) is 0 Å². The molecule has 1 aromatic rings. The van der Waals surface area contributed by atoms with Crippen molar-refractivity contribution in [3.05, 3.63) is 23.8 Å². The van der Waals surface area contributed by atoms with E-state index in [9.17, 15) is 4.79 Å². The Morgan fingerprint density at radius 3 is 2.69 bits per heavy atom. The van der Waals surface area contributed by atoms with Crippen LogP contribution >= 0.6 is 0 Å². The summed E-state index contributed by atoms with van der Waals surface area (Å²) >= 11 is 0. The molecule has 9 heteroatoms. The highest BCUT2D eigenvalue weighted by Crippen LogP contribution is 2.24. The van der Waals surface area contributed by atoms with Crippen LogP contribution in [0.2, 0.25) is 0 Å². The molecular weight excluding hydrogens is 332 g/mol. The first-order chi connectivity index (χ1) is 12.6. The molecule has 0 bridgehead atoms. The van der Waals surface area contributed by atoms with Crippen LogP contribution in [0.5, 0.6) is 0 Å². The van der Waals surface area contributed by atoms with Crippen molar-refractivity contribution in [3.8, 4) is 0 Å². The fourth-order valence-corrected chi connectivity index (χ4v) is 2.92. The van der Waals surface area contributed by atoms with E-state index in [-0.39, 0.29) is 23.6 Å². The van der Waals surface area contributed by atoms with Gasteiger partial charge in [0.25, 0.3) is 5.91 Å². The number of rotatable bonds is 7. The summed E-state index contributed by atoms with van der Waals surface area (Å²) in [7, 11) is 0. The van der Waals surface area contributed by atoms with E-state index < -0.39 is 5.91 Å². The number of nitrogens with two attached hydrogens (primary N) is 3. The van der Waals surface area contributed by atoms with Gasteiger partial charge in [0.15, 0.2) is 11.5 Å². The number of allylic oxidation sites excluding steroid dienone is 1. The lowest BCUT2D eigenvalue weighted by molar-refractivity contribution is 0.0996. The molecule has 2 aliphatic carbocycles. The maximum atomic E-state index is 11.7. The Balaban J connectivity index is 1.78. The molecule has 2 saturated carbocycles. The van der Waals surface area contributed by atoms with Crippen LogP contribution < -0.4 is 27.8 Å². The molecule has 0 aliphatic heterocycles. The van der Waals surface area contributed by atoms with Gasteiger partial charge in [0, 0.05) is 24.5 Å². The monoisotopic (exact) mass is 358 g/mol. The number of anilines is 2. The van der Waals surface area contributed by atoms with Crippen LogP contribution in [0.3, 0.4) is 0 Å². The van der Waals surface area contributed by atoms with E-state index in [1.165, 1.54) is 12.4 Å². The molecule has 2 aliphatic rings. The molecule has 3 rings (SSSR count). The quantitative estimate of drug-likeness (QED) is 0.449. The fraction of sp³-hybridized carbons (Fsp3) is 0.529. The third kappa shape index (κ3) is 4.69. The highest BCUT2D eigenvalue weighted by Gasteiger charge is 2.23. The van der Waals surface area contributed by atoms with Gasteiger partial charge in [0.05, 0.1) is 17.9 Å². The summed E-state index contributed by atoms with van der Waals surface area (Å²) in [6, 6.07) is 0.559. The number of nitrogens with one attached hydrogen (secondary N) is 2. The van der Waals surface area contributed by atoms with Crippen LogP contribution in [0.1, 0.15) is 49.0 Å². The Morgan fingerprint density at radius 2 is 2.04 bits per heavy atom. The maximum Gasteiger partial charge on any atom is 0.271 e. The van der Waals surface area contributed by atoms with Gasteiger partial charge in [0.2, 0.25) is 0 Å². The first-order valence-corrected chi connectivity index (χ1v) is 8.98. The summed E-state index contributed by atoms with van der Waals surface area (Å²) in [6.45, 7) is 0. The normalized spacial score (nSPS) is 23.8. The first kappa shape index (κ1) is 18.1. The van der Waals surface area contributed by atoms with E-state index in [4.69, 9.17) is 17.2 Å². The van der Waals surface area contributed by atoms with Gasteiger partial charge in [-0.15, -0.1) is 0 Å². The molecule has 1 unspecified atom stereocenters. The fourth-order valence-electron chi connectivity index (χ4n) is 2.92. The maximum absolute atomic E-state index is 11.7. The number of hydrogen-bond donors (Lipinski definition) is 5. The summed E-state index contributed by atoms with van der Waals surface area (Å²) in [6.07, 6.45) is 10.9. The minimum absolute atomic E-state index is 0.0441. The van der Waals surface area contributed by atoms with Crippen LogP contribution in [0.4, 0.5) is 11.6 Å². The molecule has 9 nitrogen and oxygen atoms in total. The lowest BCUT2D eigenvalue weighted by Crippen LogP contribution is -2.42. The number of aromatic nitrogens is 2. The van der Waals surface area contributed by atoms with Crippen LogP contribution in [0.15, 0.2) is 23.1 Å². The van der Waals surface area contributed by atoms with E-state index in [1.54, 1.807) is 6.21 Å². The molecule has 0 radical (unpaired) electrons. The summed E-state index contributed by atoms with van der Waals surface area (Å²) in [5.74, 6) is 0.109. The molecule has 2 fully saturated rings. The third-order valence-electron chi connectivity index (χ3n) is 4.57. The van der Waals surface area contributed by atoms with E-state index >= 15 is 0 Å². The smallest absolute Gasteiger partial charge is 0.271 e. The van der Waals surface area contributed by atoms with Gasteiger partial charge in [-0.2, -0.15) is 0 Å². The second kappa shape index (κ2) is 8.13. The highest BCUT2D eigenvalue weighted by atomic mass is 16.1. The van der Waals surface area contributed by atoms with Crippen molar-refractivity contribution in [3.63, 3.8) is 0 Å². The van der Waals surface area contributed by atoms with Crippen molar-refractivity contribution in [1.29, 1.82) is 0 Å². The van der Waals surface area contributed by atoms with Crippen molar-refractivity contribution in [2.45, 2.75) is 56.7 Å². The molecular formula is C17H26N8O. The number of primary amides is 1. The van der Waals surface area contributed by atoms with Crippen LogP contribution in [0.25, 0.3) is 0 Å². The number of amides is 1. The number of hydrogen-bond acceptors (Lipinski definition) is 8. The van der Waals surface area contributed by atoms with Crippen molar-refractivity contribution in [2.75, 3.05) is 10.6 Å². The summed E-state index contributed by atoms with van der Waals surface area (Å²) in [4.78, 5) is 24.6. The van der Waals surface area contributed by atoms with Crippen molar-refractivity contribution < 1.29 is 4.79 Å². The molecule has 0 saturated heterocycles. The minimum Gasteiger partial charge on any atom is -0.403 e. The van der Waals surface area contributed by atoms with Gasteiger partial charge in [-0.3, -0.25) is 9.79 Å². The molecule has 140 valence electrons. The Labute approximate surface area is 152 Å². The summed E-state index contributed by atoms with van der Waals surface area (Å²) in [5, 5.41) is 6.31. The van der Waals surface area contributed by atoms with Crippen LogP contribution in [-0.4, -0.2) is 40.2 Å². The predicted octanol–water partition coefficient (Wildman–Crippen LogP) is 0.703. The number of aliphatic imine (C=N–C) groups is 1. The molecule has 8 N–H and O–H groups in total. The Bertz CT molecular complexity index is 713. The standard InChI is InChI=1S/C17H26N8O/c18-7-11(8-21-10-5-6-10)23-17-15(16(20)26)22-9-14(25-17)24-13-4-2-1-3-12(13)19/h7-10,12-13H,1-6,18-19H2,(H2,20,26)(H2,23,24,25)/b11-7+,21-8?/t12-,13?/m0/s1. The van der Waals surface area contributed by atoms with E-state index in [0.717, 1.165) is 38.5 Å². The second-order valence-electron chi connectivity index (χ2n) is 6.77. The molecule has 1 aromatic heterocycles. The average molecular weight is 358 g/mol. The van der Waals surface area contributed by atoms with Crippen LogP contribution in [0, 0.1) is 0 Å². The number of nitrogens with zero attached hydrogens (tertiary/aromatic N) is 3. The average Bonchev–Trinajstić information content (AvgIpc) is 3.45. The number of carbonyl (C=O) groups excluding carboxylic acids is 1. The topological polar surface area (TPSA) is 157 Å². The summed E-state index contributed by atoms with van der Waals surface area (Å²) < 4.78 is 0. The van der Waals surface area contributed by atoms with E-state index in [2.05, 4.69) is 25.6 Å². The lowest BCUT2D eigenvalue weighted by Gasteiger charge is -2.29. The summed E-state index contributed by atoms with van der Waals surface area (Å²) in [5.41, 5.74) is 17.8. The molecule has 2 atom stereocenters. The minimum atomic E-state index is -0.670.